The molecule has 6 N–H and O–H groups in total. The van der Waals surface area contributed by atoms with Gasteiger partial charge in [-0.1, -0.05) is 109 Å². The van der Waals surface area contributed by atoms with Gasteiger partial charge in [0.1, 0.15) is 63.1 Å². The van der Waals surface area contributed by atoms with Crippen molar-refractivity contribution >= 4 is 104 Å². The fourth-order valence-electron chi connectivity index (χ4n) is 11.0. The van der Waals surface area contributed by atoms with Crippen molar-refractivity contribution in [1.82, 2.24) is 39.0 Å². The van der Waals surface area contributed by atoms with Crippen LogP contribution < -0.4 is 21.8 Å². The maximum atomic E-state index is 13.3. The summed E-state index contributed by atoms with van der Waals surface area (Å²) in [7, 11) is -11.4. The number of anilines is 2. The van der Waals surface area contributed by atoms with E-state index in [1.165, 1.54) is 49.5 Å². The second-order valence-corrected chi connectivity index (χ2v) is 47.0. The SMILES string of the molecule is CC(=O)OCCOC(OCCOC(C)=O)O[C@H]1C(O)[C@@H](CO[Si](O[Si](C)(C)C)(O[Si](C)(C)C)C(c2ccccc2)c2ccccc2)O[C@H]1n1cnc2c(=O)[nH]c(NC(=O)C(C)C)nc21.CC(=O)OCCOC(OCCOC(C)=O)O[C@H]1C(O[Si](C)(C)C(C)(C)C)[C@@H](CO)O[C@H]1n1cnc2c(=O)[nH]c(NC(=O)C(C)C)nc21. The van der Waals surface area contributed by atoms with E-state index in [-0.39, 0.29) is 111 Å². The molecule has 2 unspecified atom stereocenters. The first-order chi connectivity index (χ1) is 52.1. The number of fused-ring (bicyclic) bond motifs is 2. The van der Waals surface area contributed by atoms with E-state index in [1.54, 1.807) is 27.7 Å². The molecule has 0 spiro atoms. The summed E-state index contributed by atoms with van der Waals surface area (Å²) in [5.74, 6) is -3.85. The summed E-state index contributed by atoms with van der Waals surface area (Å²) in [6.07, 6.45) is -6.54. The molecule has 2 fully saturated rings. The van der Waals surface area contributed by atoms with Crippen molar-refractivity contribution in [2.45, 2.75) is 201 Å². The molecular formula is C71H108N10O26Si4. The van der Waals surface area contributed by atoms with Crippen LogP contribution in [0.2, 0.25) is 57.4 Å². The zero-order valence-electron chi connectivity index (χ0n) is 66.4. The van der Waals surface area contributed by atoms with Crippen LogP contribution in [0.15, 0.2) is 82.9 Å². The van der Waals surface area contributed by atoms with Crippen LogP contribution in [0.1, 0.15) is 105 Å². The maximum absolute atomic E-state index is 13.3. The van der Waals surface area contributed by atoms with E-state index in [1.807, 2.05) is 73.8 Å². The molecule has 8 atom stereocenters. The number of hydrogen-bond acceptors (Lipinski definition) is 30. The molecule has 614 valence electrons. The summed E-state index contributed by atoms with van der Waals surface area (Å²) in [4.78, 5) is 119. The Kier molecular flexibility index (Phi) is 32.9. The standard InChI is InChI=1S/C42H61N5O14Si3.C29H47N5O12Si/c1-27(2)38(51)45-41-44-37-33(39(52)46-41)43-26-47(37)40-35(59-42(55-23-21-53-28(3)48)56-24-22-54-29(4)49)34(50)32(58-40)25-57-64(60-62(5,6)7,61-63(8,9)10)36(30-17-13-11-14-18-30)31-19-15-12-16-20-31;1-16(2)24(38)32-27-31-23-20(25(39)33-27)30-15-34(23)26-22(21(19(14-35)44-26)46-47(8,9)29(5,6)7)45-28(42-12-10-40-17(3)36)43-13-11-41-18(4)37/h11-20,26-27,32,34-36,40,42,50H,21-25H2,1-10H3,(H2,44,45,46,51,52);15-16,19,21-22,26,28,35H,10-14H2,1-9H3,(H2,31,32,33,38,39)/t32-,34?,35+,40-;19-,21?,22+,26-/m11/s1. The summed E-state index contributed by atoms with van der Waals surface area (Å²) < 4.78 is 100. The average Bonchev–Trinajstić information content (AvgIpc) is 1.70. The number of H-pyrrole nitrogens is 2. The van der Waals surface area contributed by atoms with E-state index in [0.717, 1.165) is 11.1 Å². The van der Waals surface area contributed by atoms with Crippen molar-refractivity contribution in [1.29, 1.82) is 0 Å². The van der Waals surface area contributed by atoms with Crippen LogP contribution in [0.5, 0.6) is 0 Å². The van der Waals surface area contributed by atoms with Gasteiger partial charge in [0.15, 0.2) is 59.7 Å². The molecule has 2 aliphatic rings. The number of nitrogens with one attached hydrogen (secondary N) is 4. The lowest BCUT2D eigenvalue weighted by molar-refractivity contribution is -0.320. The number of aromatic amines is 2. The highest BCUT2D eigenvalue weighted by molar-refractivity contribution is 6.86. The zero-order valence-corrected chi connectivity index (χ0v) is 70.4. The maximum Gasteiger partial charge on any atom is 0.492 e. The monoisotopic (exact) mass is 1630 g/mol. The van der Waals surface area contributed by atoms with Gasteiger partial charge in [0.25, 0.3) is 24.1 Å². The van der Waals surface area contributed by atoms with Crippen molar-refractivity contribution in [2.24, 2.45) is 11.8 Å². The first-order valence-electron chi connectivity index (χ1n) is 36.4. The minimum Gasteiger partial charge on any atom is -0.463 e. The van der Waals surface area contributed by atoms with Gasteiger partial charge in [-0.05, 0) is 68.5 Å². The third kappa shape index (κ3) is 26.2. The van der Waals surface area contributed by atoms with Crippen LogP contribution in [0.3, 0.4) is 0 Å². The predicted molar refractivity (Wildman–Crippen MR) is 409 cm³/mol. The van der Waals surface area contributed by atoms with Gasteiger partial charge in [0.2, 0.25) is 23.7 Å². The summed E-state index contributed by atoms with van der Waals surface area (Å²) in [5, 5.41) is 27.8. The highest BCUT2D eigenvalue weighted by Gasteiger charge is 2.58. The Labute approximate surface area is 647 Å². The fourth-order valence-corrected chi connectivity index (χ4v) is 22.9. The highest BCUT2D eigenvalue weighted by Crippen LogP contribution is 2.45. The molecule has 4 aromatic heterocycles. The second kappa shape index (κ2) is 40.3. The first kappa shape index (κ1) is 90.5. The van der Waals surface area contributed by atoms with Gasteiger partial charge in [-0.15, -0.1) is 0 Å². The van der Waals surface area contributed by atoms with E-state index in [2.05, 4.69) is 101 Å². The lowest BCUT2D eigenvalue weighted by Crippen LogP contribution is -2.62. The summed E-state index contributed by atoms with van der Waals surface area (Å²) in [6, 6.07) is 19.8. The van der Waals surface area contributed by atoms with Crippen molar-refractivity contribution in [3.8, 4) is 0 Å². The molecule has 6 heterocycles. The second-order valence-electron chi connectivity index (χ2n) is 30.1. The number of rotatable bonds is 39. The number of ether oxygens (including phenoxy) is 12. The van der Waals surface area contributed by atoms with Gasteiger partial charge in [0, 0.05) is 39.5 Å². The number of aliphatic hydroxyl groups is 2. The smallest absolute Gasteiger partial charge is 0.463 e. The number of amides is 2. The van der Waals surface area contributed by atoms with Crippen LogP contribution in [0.4, 0.5) is 11.9 Å². The third-order valence-corrected chi connectivity index (χ3v) is 30.6. The minimum absolute atomic E-state index is 0.000601. The molecule has 0 saturated carbocycles. The number of imidazole rings is 2. The zero-order chi connectivity index (χ0) is 81.9. The molecule has 0 bridgehead atoms. The molecule has 111 heavy (non-hydrogen) atoms. The molecule has 0 aliphatic carbocycles. The van der Waals surface area contributed by atoms with Crippen LogP contribution >= 0.6 is 0 Å². The van der Waals surface area contributed by atoms with Crippen LogP contribution in [-0.2, 0) is 103 Å². The summed E-state index contributed by atoms with van der Waals surface area (Å²) in [6.45, 7) is 29.7. The lowest BCUT2D eigenvalue weighted by atomic mass is 10.0. The van der Waals surface area contributed by atoms with Gasteiger partial charge >= 0.3 is 32.7 Å². The number of carbonyl (C=O) groups is 6. The minimum atomic E-state index is -3.92. The Morgan fingerprint density at radius 2 is 0.919 bits per heavy atom. The van der Waals surface area contributed by atoms with Crippen molar-refractivity contribution < 1.29 is 113 Å². The third-order valence-electron chi connectivity index (χ3n) is 17.0. The normalized spacial score (nSPS) is 19.1. The molecule has 40 heteroatoms. The Morgan fingerprint density at radius 1 is 0.550 bits per heavy atom. The number of aromatic nitrogens is 8. The van der Waals surface area contributed by atoms with E-state index >= 15 is 0 Å². The molecular weight excluding hydrogens is 1520 g/mol. The molecule has 36 nitrogen and oxygen atoms in total. The van der Waals surface area contributed by atoms with E-state index < -0.39 is 155 Å². The molecule has 2 saturated heterocycles. The fraction of sp³-hybridized carbons (Fsp3) is 0.606. The lowest BCUT2D eigenvalue weighted by Gasteiger charge is -2.44. The van der Waals surface area contributed by atoms with Gasteiger partial charge in [-0.25, -0.2) is 9.97 Å². The summed E-state index contributed by atoms with van der Waals surface area (Å²) >= 11 is 0. The number of hydrogen-bond donors (Lipinski definition) is 6. The molecule has 2 amide bonds. The molecule has 2 aliphatic heterocycles. The van der Waals surface area contributed by atoms with Gasteiger partial charge < -0.3 is 84.1 Å². The van der Waals surface area contributed by atoms with Crippen LogP contribution in [0.25, 0.3) is 22.3 Å². The molecule has 8 rings (SSSR count). The van der Waals surface area contributed by atoms with Crippen LogP contribution in [-0.4, -0.2) is 234 Å². The quantitative estimate of drug-likeness (QED) is 0.00772. The number of nitrogens with zero attached hydrogens (tertiary/aromatic N) is 6. The molecule has 0 radical (unpaired) electrons. The predicted octanol–water partition coefficient (Wildman–Crippen LogP) is 6.65. The van der Waals surface area contributed by atoms with E-state index in [0.29, 0.717) is 0 Å². The number of carbonyl (C=O) groups excluding carboxylic acids is 6. The van der Waals surface area contributed by atoms with Crippen molar-refractivity contribution in [3.63, 3.8) is 0 Å². The van der Waals surface area contributed by atoms with E-state index in [9.17, 15) is 48.6 Å². The molecule has 2 aromatic carbocycles. The molecule has 6 aromatic rings. The largest absolute Gasteiger partial charge is 0.492 e. The number of aliphatic hydroxyl groups excluding tert-OH is 2. The topological polar surface area (TPSA) is 442 Å². The van der Waals surface area contributed by atoms with Crippen molar-refractivity contribution in [3.05, 3.63) is 105 Å². The Balaban J connectivity index is 0.000000324. The number of benzene rings is 2. The first-order valence-corrected chi connectivity index (χ1v) is 47.9. The highest BCUT2D eigenvalue weighted by atomic mass is 28.5. The van der Waals surface area contributed by atoms with Gasteiger partial charge in [-0.3, -0.25) is 68.1 Å². The summed E-state index contributed by atoms with van der Waals surface area (Å²) in [5.41, 5.74) is 0.0669. The van der Waals surface area contributed by atoms with E-state index in [4.69, 9.17) is 73.9 Å². The Morgan fingerprint density at radius 3 is 1.27 bits per heavy atom. The van der Waals surface area contributed by atoms with Crippen molar-refractivity contribution in [2.75, 3.05) is 76.7 Å². The average molecular weight is 1630 g/mol. The number of esters is 4. The van der Waals surface area contributed by atoms with Gasteiger partial charge in [-0.2, -0.15) is 9.97 Å². The Bertz CT molecular complexity index is 4070. The van der Waals surface area contributed by atoms with Crippen LogP contribution in [0, 0.1) is 11.8 Å². The Hall–Kier alpha value is -7.73. The van der Waals surface area contributed by atoms with Gasteiger partial charge in [0.05, 0.1) is 57.8 Å².